The fraction of sp³-hybridized carbons (Fsp3) is 0.490. The lowest BCUT2D eigenvalue weighted by Crippen LogP contribution is -2.41. The number of nitriles is 2. The molecule has 0 radical (unpaired) electrons. The molecule has 4 heteroatoms. The number of nitrogens with zero attached hydrogens (tertiary/aromatic N) is 2. The summed E-state index contributed by atoms with van der Waals surface area (Å²) in [6, 6.07) is 40.9. The van der Waals surface area contributed by atoms with Crippen LogP contribution < -0.4 is 9.47 Å². The topological polar surface area (TPSA) is 66.0 Å². The van der Waals surface area contributed by atoms with Crippen LogP contribution in [0.1, 0.15) is 122 Å². The molecule has 4 aromatic carbocycles. The molecule has 0 heterocycles. The van der Waals surface area contributed by atoms with Gasteiger partial charge in [-0.25, -0.2) is 0 Å². The van der Waals surface area contributed by atoms with Gasteiger partial charge < -0.3 is 9.47 Å². The Bertz CT molecular complexity index is 1870. The monoisotopic (exact) mass is 734 g/mol. The summed E-state index contributed by atoms with van der Waals surface area (Å²) in [4.78, 5) is 0. The maximum absolute atomic E-state index is 11.4. The first-order valence-electron chi connectivity index (χ1n) is 21.3. The first kappa shape index (κ1) is 40.1. The Morgan fingerprint density at radius 3 is 1.69 bits per heavy atom. The van der Waals surface area contributed by atoms with Crippen LogP contribution in [0, 0.1) is 51.2 Å². The highest BCUT2D eigenvalue weighted by Crippen LogP contribution is 2.56. The van der Waals surface area contributed by atoms with Crippen LogP contribution in [0.4, 0.5) is 0 Å². The second-order valence-corrected chi connectivity index (χ2v) is 16.7. The van der Waals surface area contributed by atoms with Crippen molar-refractivity contribution < 1.29 is 9.47 Å². The molecule has 55 heavy (non-hydrogen) atoms. The summed E-state index contributed by atoms with van der Waals surface area (Å²) in [6.45, 7) is 10.1. The van der Waals surface area contributed by atoms with Gasteiger partial charge in [-0.3, -0.25) is 0 Å². The minimum Gasteiger partial charge on any atom is -0.494 e. The van der Waals surface area contributed by atoms with Gasteiger partial charge in [0.2, 0.25) is 0 Å². The minimum atomic E-state index is -0.458. The number of rotatable bonds is 16. The van der Waals surface area contributed by atoms with Crippen LogP contribution >= 0.6 is 0 Å². The number of benzene rings is 4. The molecule has 4 aromatic rings. The Balaban J connectivity index is 1.40. The molecule has 0 amide bonds. The maximum atomic E-state index is 11.4. The summed E-state index contributed by atoms with van der Waals surface area (Å²) < 4.78 is 11.5. The molecule has 0 bridgehead atoms. The summed E-state index contributed by atoms with van der Waals surface area (Å²) in [5.41, 5.74) is 6.36. The third-order valence-electron chi connectivity index (χ3n) is 13.2. The van der Waals surface area contributed by atoms with Gasteiger partial charge in [0.05, 0.1) is 36.2 Å². The largest absolute Gasteiger partial charge is 0.494 e. The highest BCUT2D eigenvalue weighted by atomic mass is 16.5. The second kappa shape index (κ2) is 18.9. The normalized spacial score (nSPS) is 23.5. The van der Waals surface area contributed by atoms with Gasteiger partial charge in [-0.15, -0.1) is 0 Å². The van der Waals surface area contributed by atoms with Gasteiger partial charge in [0.1, 0.15) is 11.5 Å². The molecule has 0 saturated heterocycles. The lowest BCUT2D eigenvalue weighted by molar-refractivity contribution is 0.0763. The standard InChI is InChI=1S/C51H62N2O2/c1-5-31-55-47-27-23-44(24-28-47)42-17-19-45(20-18-42)48(35-50(36-52)29-9-11-38(6-2)33-50)49(51(37-53)30-10-12-39(7-3)34-51)32-40-13-15-41(16-14-40)43-21-25-46(26-22-43)54-8-4/h13-28,38-39,48-49H,5-12,29-35H2,1-4H3. The Kier molecular flexibility index (Phi) is 13.8. The van der Waals surface area contributed by atoms with Crippen LogP contribution in [0.5, 0.6) is 11.5 Å². The highest BCUT2D eigenvalue weighted by Gasteiger charge is 2.49. The summed E-state index contributed by atoms with van der Waals surface area (Å²) in [5.74, 6) is 3.08. The molecule has 0 aromatic heterocycles. The molecule has 2 fully saturated rings. The van der Waals surface area contributed by atoms with Gasteiger partial charge in [0, 0.05) is 0 Å². The van der Waals surface area contributed by atoms with Crippen molar-refractivity contribution in [1.29, 1.82) is 10.5 Å². The van der Waals surface area contributed by atoms with Crippen molar-refractivity contribution in [2.75, 3.05) is 13.2 Å². The SMILES string of the molecule is CCCOc1ccc(-c2ccc(C(CC3(C#N)CCCC(CC)C3)C(Cc3ccc(-c4ccc(OCC)cc4)cc3)C3(C#N)CCCC(CC)C3)cc2)cc1. The van der Waals surface area contributed by atoms with Crippen molar-refractivity contribution in [2.45, 2.75) is 117 Å². The van der Waals surface area contributed by atoms with E-state index < -0.39 is 5.41 Å². The molecular weight excluding hydrogens is 673 g/mol. The Hall–Kier alpha value is -4.54. The maximum Gasteiger partial charge on any atom is 0.119 e. The Labute approximate surface area is 331 Å². The van der Waals surface area contributed by atoms with E-state index in [4.69, 9.17) is 9.47 Å². The molecule has 2 aliphatic rings. The van der Waals surface area contributed by atoms with E-state index >= 15 is 0 Å². The van der Waals surface area contributed by atoms with Gasteiger partial charge >= 0.3 is 0 Å². The summed E-state index contributed by atoms with van der Waals surface area (Å²) >= 11 is 0. The fourth-order valence-electron chi connectivity index (χ4n) is 9.98. The van der Waals surface area contributed by atoms with Gasteiger partial charge in [0.15, 0.2) is 0 Å². The van der Waals surface area contributed by atoms with Crippen molar-refractivity contribution >= 4 is 0 Å². The zero-order valence-corrected chi connectivity index (χ0v) is 33.9. The van der Waals surface area contributed by atoms with Crippen LogP contribution in [0.2, 0.25) is 0 Å². The molecular formula is C51H62N2O2. The number of hydrogen-bond donors (Lipinski definition) is 0. The number of ether oxygens (including phenoxy) is 2. The highest BCUT2D eigenvalue weighted by molar-refractivity contribution is 5.65. The Morgan fingerprint density at radius 2 is 1.16 bits per heavy atom. The summed E-state index contributed by atoms with van der Waals surface area (Å²) in [7, 11) is 0. The van der Waals surface area contributed by atoms with Crippen molar-refractivity contribution in [3.05, 3.63) is 108 Å². The van der Waals surface area contributed by atoms with Crippen LogP contribution in [0.3, 0.4) is 0 Å². The van der Waals surface area contributed by atoms with E-state index in [1.165, 1.54) is 35.1 Å². The van der Waals surface area contributed by atoms with E-state index in [0.29, 0.717) is 18.4 Å². The third-order valence-corrected chi connectivity index (χ3v) is 13.2. The first-order chi connectivity index (χ1) is 26.9. The summed E-state index contributed by atoms with van der Waals surface area (Å²) in [5, 5.41) is 22.4. The molecule has 6 rings (SSSR count). The molecule has 6 atom stereocenters. The van der Waals surface area contributed by atoms with Crippen molar-refractivity contribution in [3.63, 3.8) is 0 Å². The molecule has 4 nitrogen and oxygen atoms in total. The molecule has 0 spiro atoms. The average molecular weight is 735 g/mol. The molecule has 0 N–H and O–H groups in total. The summed E-state index contributed by atoms with van der Waals surface area (Å²) in [6.07, 6.45) is 13.2. The van der Waals surface area contributed by atoms with E-state index in [-0.39, 0.29) is 17.3 Å². The van der Waals surface area contributed by atoms with E-state index in [0.717, 1.165) is 99.9 Å². The van der Waals surface area contributed by atoms with Crippen LogP contribution in [0.15, 0.2) is 97.1 Å². The van der Waals surface area contributed by atoms with E-state index in [1.807, 2.05) is 19.1 Å². The predicted octanol–water partition coefficient (Wildman–Crippen LogP) is 13.8. The second-order valence-electron chi connectivity index (χ2n) is 16.7. The van der Waals surface area contributed by atoms with Crippen molar-refractivity contribution in [2.24, 2.45) is 28.6 Å². The zero-order chi connectivity index (χ0) is 38.7. The van der Waals surface area contributed by atoms with Crippen molar-refractivity contribution in [3.8, 4) is 45.9 Å². The first-order valence-corrected chi connectivity index (χ1v) is 21.3. The van der Waals surface area contributed by atoms with E-state index in [9.17, 15) is 10.5 Å². The van der Waals surface area contributed by atoms with Gasteiger partial charge in [-0.1, -0.05) is 132 Å². The van der Waals surface area contributed by atoms with Gasteiger partial charge in [-0.2, -0.15) is 10.5 Å². The fourth-order valence-corrected chi connectivity index (χ4v) is 9.98. The molecule has 2 saturated carbocycles. The van der Waals surface area contributed by atoms with Crippen molar-refractivity contribution in [1.82, 2.24) is 0 Å². The quantitative estimate of drug-likeness (QED) is 0.115. The van der Waals surface area contributed by atoms with Crippen LogP contribution in [-0.4, -0.2) is 13.2 Å². The lowest BCUT2D eigenvalue weighted by Gasteiger charge is -2.47. The third kappa shape index (κ3) is 9.65. The average Bonchev–Trinajstić information content (AvgIpc) is 3.25. The minimum absolute atomic E-state index is 0.0789. The molecule has 288 valence electrons. The van der Waals surface area contributed by atoms with E-state index in [2.05, 4.69) is 118 Å². The smallest absolute Gasteiger partial charge is 0.119 e. The predicted molar refractivity (Wildman–Crippen MR) is 226 cm³/mol. The van der Waals surface area contributed by atoms with Crippen LogP contribution in [-0.2, 0) is 6.42 Å². The van der Waals surface area contributed by atoms with Crippen LogP contribution in [0.25, 0.3) is 22.3 Å². The van der Waals surface area contributed by atoms with E-state index in [1.54, 1.807) is 0 Å². The lowest BCUT2D eigenvalue weighted by atomic mass is 9.54. The van der Waals surface area contributed by atoms with Gasteiger partial charge in [0.25, 0.3) is 0 Å². The molecule has 2 aliphatic carbocycles. The molecule has 0 aliphatic heterocycles. The molecule has 6 unspecified atom stereocenters. The number of hydrogen-bond acceptors (Lipinski definition) is 4. The Morgan fingerprint density at radius 1 is 0.636 bits per heavy atom. The zero-order valence-electron chi connectivity index (χ0n) is 33.9. The van der Waals surface area contributed by atoms with Gasteiger partial charge in [-0.05, 0) is 133 Å².